The van der Waals surface area contributed by atoms with E-state index in [4.69, 9.17) is 0 Å². The van der Waals surface area contributed by atoms with Crippen LogP contribution in [0.15, 0.2) is 42.5 Å². The first-order valence-electron chi connectivity index (χ1n) is 5.67. The molecule has 0 atom stereocenters. The zero-order valence-electron chi connectivity index (χ0n) is 10.3. The number of alkyl halides is 6. The van der Waals surface area contributed by atoms with Crippen LogP contribution in [0.4, 0.5) is 26.3 Å². The van der Waals surface area contributed by atoms with Gasteiger partial charge in [-0.1, -0.05) is 24.3 Å². The third kappa shape index (κ3) is 3.12. The Hall–Kier alpha value is -2.18. The molecule has 0 spiro atoms. The molecule has 0 aromatic heterocycles. The van der Waals surface area contributed by atoms with Crippen LogP contribution < -0.4 is 0 Å². The van der Waals surface area contributed by atoms with Gasteiger partial charge in [0, 0.05) is 0 Å². The predicted molar refractivity (Wildman–Crippen MR) is 63.5 cm³/mol. The van der Waals surface area contributed by atoms with E-state index in [9.17, 15) is 31.4 Å². The highest BCUT2D eigenvalue weighted by Gasteiger charge is 2.37. The molecule has 0 aliphatic rings. The lowest BCUT2D eigenvalue weighted by molar-refractivity contribution is -0.139. The summed E-state index contributed by atoms with van der Waals surface area (Å²) >= 11 is 0. The molecule has 0 bridgehead atoms. The second-order valence-corrected chi connectivity index (χ2v) is 4.27. The van der Waals surface area contributed by atoms with Gasteiger partial charge in [-0.3, -0.25) is 0 Å². The maximum Gasteiger partial charge on any atom is 0.420 e. The van der Waals surface area contributed by atoms with Crippen molar-refractivity contribution in [3.63, 3.8) is 0 Å². The molecule has 0 fully saturated rings. The molecule has 0 saturated carbocycles. The highest BCUT2D eigenvalue weighted by Crippen LogP contribution is 2.42. The predicted octanol–water partition coefficient (Wildman–Crippen LogP) is 5.10. The molecule has 1 N–H and O–H groups in total. The van der Waals surface area contributed by atoms with E-state index in [0.29, 0.717) is 12.1 Å². The molecule has 2 aromatic rings. The zero-order valence-corrected chi connectivity index (χ0v) is 10.3. The molecule has 1 nitrogen and oxygen atoms in total. The summed E-state index contributed by atoms with van der Waals surface area (Å²) in [5.74, 6) is -0.972. The van der Waals surface area contributed by atoms with Crippen LogP contribution in [0.25, 0.3) is 11.1 Å². The molecule has 0 saturated heterocycles. The number of hydrogen-bond donors (Lipinski definition) is 1. The van der Waals surface area contributed by atoms with Gasteiger partial charge in [-0.25, -0.2) is 0 Å². The highest BCUT2D eigenvalue weighted by molar-refractivity contribution is 5.71. The van der Waals surface area contributed by atoms with Gasteiger partial charge in [0.05, 0.1) is 5.56 Å². The standard InChI is InChI=1S/C14H8F6O/c15-13(16,17)9-6-4-8(5-7-9)10-2-1-3-11(21)12(10)14(18,19)20/h1-7,21H. The number of benzene rings is 2. The lowest BCUT2D eigenvalue weighted by Gasteiger charge is -2.15. The van der Waals surface area contributed by atoms with Crippen LogP contribution in [0, 0.1) is 0 Å². The van der Waals surface area contributed by atoms with Crippen molar-refractivity contribution >= 4 is 0 Å². The Bertz CT molecular complexity index is 640. The number of hydrogen-bond acceptors (Lipinski definition) is 1. The van der Waals surface area contributed by atoms with Crippen LogP contribution in [-0.4, -0.2) is 5.11 Å². The van der Waals surface area contributed by atoms with E-state index in [0.717, 1.165) is 24.3 Å². The first-order chi connectivity index (χ1) is 9.60. The Morgan fingerprint density at radius 1 is 0.714 bits per heavy atom. The monoisotopic (exact) mass is 306 g/mol. The largest absolute Gasteiger partial charge is 0.507 e. The Kier molecular flexibility index (Phi) is 3.61. The van der Waals surface area contributed by atoms with E-state index in [2.05, 4.69) is 0 Å². The van der Waals surface area contributed by atoms with Crippen molar-refractivity contribution in [2.24, 2.45) is 0 Å². The highest BCUT2D eigenvalue weighted by atomic mass is 19.4. The molecular formula is C14H8F6O. The summed E-state index contributed by atoms with van der Waals surface area (Å²) in [5, 5.41) is 9.37. The van der Waals surface area contributed by atoms with Crippen molar-refractivity contribution in [3.8, 4) is 16.9 Å². The molecule has 0 heterocycles. The minimum absolute atomic E-state index is 0.0637. The van der Waals surface area contributed by atoms with E-state index in [1.807, 2.05) is 0 Å². The molecular weight excluding hydrogens is 298 g/mol. The lowest BCUT2D eigenvalue weighted by atomic mass is 9.97. The first-order valence-corrected chi connectivity index (χ1v) is 5.67. The van der Waals surface area contributed by atoms with Crippen molar-refractivity contribution < 1.29 is 31.4 Å². The van der Waals surface area contributed by atoms with Crippen LogP contribution in [0.3, 0.4) is 0 Å². The molecule has 112 valence electrons. The second-order valence-electron chi connectivity index (χ2n) is 4.27. The van der Waals surface area contributed by atoms with Gasteiger partial charge in [-0.05, 0) is 29.3 Å². The minimum atomic E-state index is -4.82. The molecule has 0 aliphatic carbocycles. The third-order valence-electron chi connectivity index (χ3n) is 2.85. The zero-order chi connectivity index (χ0) is 15.8. The third-order valence-corrected chi connectivity index (χ3v) is 2.85. The second kappa shape index (κ2) is 4.98. The van der Waals surface area contributed by atoms with Crippen molar-refractivity contribution in [1.82, 2.24) is 0 Å². The molecule has 2 aromatic carbocycles. The fraction of sp³-hybridized carbons (Fsp3) is 0.143. The Morgan fingerprint density at radius 3 is 1.76 bits per heavy atom. The maximum absolute atomic E-state index is 12.9. The Balaban J connectivity index is 2.56. The van der Waals surface area contributed by atoms with Gasteiger partial charge < -0.3 is 5.11 Å². The minimum Gasteiger partial charge on any atom is -0.507 e. The number of phenols is 1. The quantitative estimate of drug-likeness (QED) is 0.727. The smallest absolute Gasteiger partial charge is 0.420 e. The number of halogens is 6. The molecule has 7 heteroatoms. The summed E-state index contributed by atoms with van der Waals surface area (Å²) < 4.78 is 76.1. The summed E-state index contributed by atoms with van der Waals surface area (Å²) in [6.07, 6.45) is -9.38. The molecule has 0 amide bonds. The van der Waals surface area contributed by atoms with Gasteiger partial charge >= 0.3 is 12.4 Å². The first kappa shape index (κ1) is 15.2. The van der Waals surface area contributed by atoms with E-state index in [1.54, 1.807) is 0 Å². The van der Waals surface area contributed by atoms with E-state index >= 15 is 0 Å². The van der Waals surface area contributed by atoms with Crippen molar-refractivity contribution in [2.75, 3.05) is 0 Å². The fourth-order valence-electron chi connectivity index (χ4n) is 1.92. The van der Waals surface area contributed by atoms with Gasteiger partial charge in [-0.15, -0.1) is 0 Å². The van der Waals surface area contributed by atoms with E-state index in [1.165, 1.54) is 6.07 Å². The van der Waals surface area contributed by atoms with Gasteiger partial charge in [0.2, 0.25) is 0 Å². The van der Waals surface area contributed by atoms with Gasteiger partial charge in [0.25, 0.3) is 0 Å². The van der Waals surface area contributed by atoms with Crippen LogP contribution >= 0.6 is 0 Å². The van der Waals surface area contributed by atoms with Crippen LogP contribution in [0.1, 0.15) is 11.1 Å². The van der Waals surface area contributed by atoms with Gasteiger partial charge in [0.15, 0.2) is 0 Å². The van der Waals surface area contributed by atoms with Crippen molar-refractivity contribution in [3.05, 3.63) is 53.6 Å². The van der Waals surface area contributed by atoms with Crippen molar-refractivity contribution in [2.45, 2.75) is 12.4 Å². The van der Waals surface area contributed by atoms with Crippen molar-refractivity contribution in [1.29, 1.82) is 0 Å². The number of rotatable bonds is 1. The van der Waals surface area contributed by atoms with Crippen LogP contribution in [0.5, 0.6) is 5.75 Å². The summed E-state index contributed by atoms with van der Waals surface area (Å²) in [7, 11) is 0. The number of aromatic hydroxyl groups is 1. The fourth-order valence-corrected chi connectivity index (χ4v) is 1.92. The summed E-state index contributed by atoms with van der Waals surface area (Å²) in [5.41, 5.74) is -2.67. The normalized spacial score (nSPS) is 12.5. The Labute approximate surface area is 115 Å². The average Bonchev–Trinajstić information content (AvgIpc) is 2.36. The average molecular weight is 306 g/mol. The molecule has 0 unspecified atom stereocenters. The number of phenolic OH excluding ortho intramolecular Hbond substituents is 1. The lowest BCUT2D eigenvalue weighted by Crippen LogP contribution is -2.08. The summed E-state index contributed by atoms with van der Waals surface area (Å²) in [6.45, 7) is 0. The SMILES string of the molecule is Oc1cccc(-c2ccc(C(F)(F)F)cc2)c1C(F)(F)F. The maximum atomic E-state index is 12.9. The van der Waals surface area contributed by atoms with Crippen LogP contribution in [-0.2, 0) is 12.4 Å². The molecule has 21 heavy (non-hydrogen) atoms. The molecule has 2 rings (SSSR count). The topological polar surface area (TPSA) is 20.2 Å². The van der Waals surface area contributed by atoms with Gasteiger partial charge in [-0.2, -0.15) is 26.3 Å². The molecule has 0 radical (unpaired) electrons. The van der Waals surface area contributed by atoms with Crippen LogP contribution in [0.2, 0.25) is 0 Å². The van der Waals surface area contributed by atoms with Gasteiger partial charge in [0.1, 0.15) is 11.3 Å². The van der Waals surface area contributed by atoms with E-state index in [-0.39, 0.29) is 11.1 Å². The Morgan fingerprint density at radius 2 is 1.29 bits per heavy atom. The summed E-state index contributed by atoms with van der Waals surface area (Å²) in [4.78, 5) is 0. The summed E-state index contributed by atoms with van der Waals surface area (Å²) in [6, 6.07) is 6.41. The molecule has 0 aliphatic heterocycles. The van der Waals surface area contributed by atoms with E-state index < -0.39 is 29.2 Å².